The first-order valence-electron chi connectivity index (χ1n) is 25.4. The van der Waals surface area contributed by atoms with Crippen LogP contribution in [0.5, 0.6) is 0 Å². The van der Waals surface area contributed by atoms with E-state index in [4.69, 9.17) is 4.98 Å². The molecule has 0 N–H and O–H groups in total. The van der Waals surface area contributed by atoms with E-state index in [0.29, 0.717) is 17.0 Å². The summed E-state index contributed by atoms with van der Waals surface area (Å²) in [4.78, 5) is 5.76. The second kappa shape index (κ2) is 15.8. The number of hydrogen-bond donors (Lipinski definition) is 0. The summed E-state index contributed by atoms with van der Waals surface area (Å²) in [6.07, 6.45) is 0. The summed E-state index contributed by atoms with van der Waals surface area (Å²) in [7, 11) is 0. The Morgan fingerprint density at radius 1 is 0.267 bits per heavy atom. The number of benzene rings is 11. The molecule has 0 unspecified atom stereocenters. The van der Waals surface area contributed by atoms with Gasteiger partial charge in [0.15, 0.2) is 0 Å². The number of nitrogens with zero attached hydrogens (tertiary/aromatic N) is 7. The molecule has 0 aliphatic heterocycles. The van der Waals surface area contributed by atoms with Crippen LogP contribution in [0.4, 0.5) is 0 Å². The second-order valence-corrected chi connectivity index (χ2v) is 19.3. The molecule has 16 rings (SSSR count). The number of para-hydroxylation sites is 11. The second-order valence-electron chi connectivity index (χ2n) is 19.3. The van der Waals surface area contributed by atoms with Crippen LogP contribution in [0.2, 0.25) is 0 Å². The van der Waals surface area contributed by atoms with Crippen LogP contribution in [0.1, 0.15) is 5.56 Å². The minimum atomic E-state index is 0.479. The predicted molar refractivity (Wildman–Crippen MR) is 309 cm³/mol. The van der Waals surface area contributed by atoms with Crippen molar-refractivity contribution < 1.29 is 0 Å². The van der Waals surface area contributed by atoms with Crippen molar-refractivity contribution in [1.82, 2.24) is 27.8 Å². The smallest absolute Gasteiger partial charge is 0.149 e. The Balaban J connectivity index is 1.30. The minimum Gasteiger partial charge on any atom is -0.306 e. The third kappa shape index (κ3) is 5.65. The Morgan fingerprint density at radius 2 is 0.547 bits per heavy atom. The Hall–Kier alpha value is -10.4. The van der Waals surface area contributed by atoms with Gasteiger partial charge in [0.05, 0.1) is 89.0 Å². The van der Waals surface area contributed by atoms with Crippen LogP contribution < -0.4 is 0 Å². The van der Waals surface area contributed by atoms with Crippen molar-refractivity contribution in [3.63, 3.8) is 0 Å². The Kier molecular flexibility index (Phi) is 8.68. The fraction of sp³-hybridized carbons (Fsp3) is 0. The highest BCUT2D eigenvalue weighted by atomic mass is 15.2. The molecular formula is C68H41N7. The van der Waals surface area contributed by atoms with Gasteiger partial charge in [-0.3, -0.25) is 4.57 Å². The molecule has 5 aromatic heterocycles. The monoisotopic (exact) mass is 955 g/mol. The highest BCUT2D eigenvalue weighted by Crippen LogP contribution is 2.52. The van der Waals surface area contributed by atoms with E-state index in [1.165, 1.54) is 0 Å². The molecule has 0 aliphatic carbocycles. The number of aromatic nitrogens is 6. The first-order chi connectivity index (χ1) is 37.3. The highest BCUT2D eigenvalue weighted by Gasteiger charge is 2.36. The average Bonchev–Trinajstić information content (AvgIpc) is 4.29. The van der Waals surface area contributed by atoms with E-state index < -0.39 is 0 Å². The number of fused-ring (bicyclic) bond motifs is 13. The molecule has 7 nitrogen and oxygen atoms in total. The van der Waals surface area contributed by atoms with E-state index in [-0.39, 0.29) is 0 Å². The number of imidazole rings is 1. The lowest BCUT2D eigenvalue weighted by Crippen LogP contribution is -2.17. The lowest BCUT2D eigenvalue weighted by molar-refractivity contribution is 1.01. The van der Waals surface area contributed by atoms with Crippen LogP contribution in [-0.4, -0.2) is 27.8 Å². The maximum absolute atomic E-state index is 12.9. The molecule has 0 atom stereocenters. The summed E-state index contributed by atoms with van der Waals surface area (Å²) < 4.78 is 12.0. The van der Waals surface area contributed by atoms with Gasteiger partial charge >= 0.3 is 0 Å². The zero-order valence-corrected chi connectivity index (χ0v) is 40.3. The highest BCUT2D eigenvalue weighted by molar-refractivity contribution is 6.17. The van der Waals surface area contributed by atoms with Crippen LogP contribution in [0.15, 0.2) is 249 Å². The van der Waals surface area contributed by atoms with Crippen molar-refractivity contribution >= 4 is 98.3 Å². The van der Waals surface area contributed by atoms with E-state index in [9.17, 15) is 5.26 Å². The zero-order chi connectivity index (χ0) is 49.3. The lowest BCUT2D eigenvalue weighted by Gasteiger charge is -2.29. The molecule has 348 valence electrons. The molecule has 0 amide bonds. The summed E-state index contributed by atoms with van der Waals surface area (Å²) in [6, 6.07) is 91.5. The van der Waals surface area contributed by atoms with Gasteiger partial charge < -0.3 is 18.3 Å². The Labute approximate surface area is 429 Å². The van der Waals surface area contributed by atoms with Crippen molar-refractivity contribution in [2.75, 3.05) is 0 Å². The van der Waals surface area contributed by atoms with Gasteiger partial charge in [0, 0.05) is 48.8 Å². The number of nitriles is 1. The SMILES string of the molecule is N#Cc1c(-c2nc3ccccc3n2-c2ccccc2)c(-n2c3ccccc3c3ccccc32)c(-n2c3ccccc3c3ccccc32)c(-n2c3ccccc3c3ccccc32)c1-n1c2ccccc2c2ccccc21. The molecule has 0 saturated carbocycles. The maximum atomic E-state index is 12.9. The van der Waals surface area contributed by atoms with Crippen molar-refractivity contribution in [3.05, 3.63) is 254 Å². The van der Waals surface area contributed by atoms with Crippen LogP contribution >= 0.6 is 0 Å². The Bertz CT molecular complexity index is 4880. The van der Waals surface area contributed by atoms with Crippen molar-refractivity contribution in [1.29, 1.82) is 5.26 Å². The molecule has 0 fully saturated rings. The van der Waals surface area contributed by atoms with E-state index in [0.717, 1.165) is 127 Å². The number of rotatable bonds is 6. The molecule has 16 aromatic rings. The molecule has 75 heavy (non-hydrogen) atoms. The molecule has 7 heteroatoms. The first kappa shape index (κ1) is 41.2. The van der Waals surface area contributed by atoms with Crippen LogP contribution in [0, 0.1) is 11.3 Å². The molecule has 11 aromatic carbocycles. The van der Waals surface area contributed by atoms with E-state index in [2.05, 4.69) is 265 Å². The van der Waals surface area contributed by atoms with Crippen molar-refractivity contribution in [2.45, 2.75) is 0 Å². The summed E-state index contributed by atoms with van der Waals surface area (Å²) in [6.45, 7) is 0. The standard InChI is InChI=1S/C68H41N7/c69-42-52-63(68-70-53-32-12-21-41-62(53)71(68)43-22-2-1-3-23-43)65(73-56-35-15-6-26-46(56)47-27-7-16-36-57(47)73)67(75-60-39-19-10-30-50(60)51-31-11-20-40-61(51)75)66(74-58-37-17-8-28-48(58)49-29-9-18-38-59(49)74)64(52)72-54-33-13-4-24-44(54)45-25-5-14-34-55(45)72/h1-41H. The topological polar surface area (TPSA) is 61.3 Å². The fourth-order valence-corrected chi connectivity index (χ4v) is 12.6. The van der Waals surface area contributed by atoms with Gasteiger partial charge in [-0.25, -0.2) is 4.98 Å². The van der Waals surface area contributed by atoms with E-state index in [1.54, 1.807) is 0 Å². The summed E-state index contributed by atoms with van der Waals surface area (Å²) in [5.41, 5.74) is 15.2. The average molecular weight is 956 g/mol. The third-order valence-electron chi connectivity index (χ3n) is 15.5. The summed E-state index contributed by atoms with van der Waals surface area (Å²) in [5, 5.41) is 21.7. The predicted octanol–water partition coefficient (Wildman–Crippen LogP) is 17.0. The largest absolute Gasteiger partial charge is 0.306 e. The normalized spacial score (nSPS) is 12.0. The van der Waals surface area contributed by atoms with Crippen LogP contribution in [0.3, 0.4) is 0 Å². The van der Waals surface area contributed by atoms with Gasteiger partial charge in [0.25, 0.3) is 0 Å². The van der Waals surface area contributed by atoms with Gasteiger partial charge in [-0.05, 0) is 72.8 Å². The minimum absolute atomic E-state index is 0.479. The molecule has 0 bridgehead atoms. The quantitative estimate of drug-likeness (QED) is 0.167. The van der Waals surface area contributed by atoms with Gasteiger partial charge in [-0.1, -0.05) is 176 Å². The molecule has 0 saturated heterocycles. The van der Waals surface area contributed by atoms with Crippen LogP contribution in [-0.2, 0) is 0 Å². The van der Waals surface area contributed by atoms with E-state index in [1.807, 2.05) is 12.1 Å². The van der Waals surface area contributed by atoms with Gasteiger partial charge in [-0.15, -0.1) is 0 Å². The summed E-state index contributed by atoms with van der Waals surface area (Å²) >= 11 is 0. The number of hydrogen-bond acceptors (Lipinski definition) is 2. The lowest BCUT2D eigenvalue weighted by atomic mass is 9.96. The van der Waals surface area contributed by atoms with Gasteiger partial charge in [-0.2, -0.15) is 5.26 Å². The summed E-state index contributed by atoms with van der Waals surface area (Å²) in [5.74, 6) is 0.647. The van der Waals surface area contributed by atoms with E-state index >= 15 is 0 Å². The van der Waals surface area contributed by atoms with Crippen molar-refractivity contribution in [3.8, 4) is 45.9 Å². The van der Waals surface area contributed by atoms with Gasteiger partial charge in [0.2, 0.25) is 0 Å². The first-order valence-corrected chi connectivity index (χ1v) is 25.4. The zero-order valence-electron chi connectivity index (χ0n) is 40.3. The molecule has 0 radical (unpaired) electrons. The molecular weight excluding hydrogens is 915 g/mol. The van der Waals surface area contributed by atoms with Crippen LogP contribution in [0.25, 0.3) is 138 Å². The van der Waals surface area contributed by atoms with Gasteiger partial charge in [0.1, 0.15) is 11.9 Å². The molecule has 0 spiro atoms. The molecule has 5 heterocycles. The molecule has 0 aliphatic rings. The Morgan fingerprint density at radius 3 is 0.907 bits per heavy atom. The third-order valence-corrected chi connectivity index (χ3v) is 15.5. The fourth-order valence-electron chi connectivity index (χ4n) is 12.6. The van der Waals surface area contributed by atoms with Crippen molar-refractivity contribution in [2.24, 2.45) is 0 Å². The maximum Gasteiger partial charge on any atom is 0.149 e.